The zero-order chi connectivity index (χ0) is 19.4. The van der Waals surface area contributed by atoms with Crippen molar-refractivity contribution in [2.75, 3.05) is 11.1 Å². The van der Waals surface area contributed by atoms with E-state index in [0.717, 1.165) is 24.3 Å². The molecule has 0 aliphatic carbocycles. The molecule has 8 nitrogen and oxygen atoms in total. The van der Waals surface area contributed by atoms with E-state index in [1.54, 1.807) is 6.92 Å². The fourth-order valence-corrected chi connectivity index (χ4v) is 2.04. The molecule has 0 unspecified atom stereocenters. The number of nitrogens with two attached hydrogens (primary N) is 1. The van der Waals surface area contributed by atoms with E-state index in [-0.39, 0.29) is 22.6 Å². The number of nitrogens with zero attached hydrogens (tertiary/aromatic N) is 1. The number of aryl methyl sites for hydroxylation is 1. The molecule has 1 amide bonds. The minimum absolute atomic E-state index is 0.100. The van der Waals surface area contributed by atoms with E-state index in [9.17, 15) is 24.1 Å². The van der Waals surface area contributed by atoms with Crippen molar-refractivity contribution >= 4 is 28.9 Å². The molecule has 0 saturated carbocycles. The molecule has 1 atom stereocenters. The van der Waals surface area contributed by atoms with Gasteiger partial charge in [0.05, 0.1) is 16.2 Å². The molecule has 2 rings (SSSR count). The molecule has 0 radical (unpaired) electrons. The zero-order valence-corrected chi connectivity index (χ0v) is 14.0. The third-order valence-corrected chi connectivity index (χ3v) is 3.56. The summed E-state index contributed by atoms with van der Waals surface area (Å²) in [5.41, 5.74) is 5.75. The first kappa shape index (κ1) is 18.8. The number of hydrogen-bond acceptors (Lipinski definition) is 6. The number of nitro groups is 1. The highest BCUT2D eigenvalue weighted by molar-refractivity contribution is 5.99. The van der Waals surface area contributed by atoms with E-state index in [0.29, 0.717) is 5.56 Å². The summed E-state index contributed by atoms with van der Waals surface area (Å²) in [6.45, 7) is 2.92. The quantitative estimate of drug-likeness (QED) is 0.365. The molecule has 0 aliphatic rings. The minimum atomic E-state index is -1.19. The van der Waals surface area contributed by atoms with E-state index in [1.165, 1.54) is 19.1 Å². The van der Waals surface area contributed by atoms with Gasteiger partial charge in [-0.3, -0.25) is 14.9 Å². The number of nitrogens with one attached hydrogen (secondary N) is 1. The lowest BCUT2D eigenvalue weighted by atomic mass is 10.1. The number of nitro benzene ring substituents is 1. The Kier molecular flexibility index (Phi) is 5.51. The van der Waals surface area contributed by atoms with Gasteiger partial charge in [-0.1, -0.05) is 6.07 Å². The van der Waals surface area contributed by atoms with Crippen LogP contribution in [0.2, 0.25) is 0 Å². The Balaban J connectivity index is 2.05. The van der Waals surface area contributed by atoms with Gasteiger partial charge in [-0.05, 0) is 37.6 Å². The predicted octanol–water partition coefficient (Wildman–Crippen LogP) is 2.81. The third kappa shape index (κ3) is 4.32. The van der Waals surface area contributed by atoms with Crippen LogP contribution in [0.5, 0.6) is 0 Å². The zero-order valence-electron chi connectivity index (χ0n) is 14.0. The molecular weight excluding hydrogens is 345 g/mol. The van der Waals surface area contributed by atoms with Gasteiger partial charge in [0, 0.05) is 17.8 Å². The number of halogens is 1. The van der Waals surface area contributed by atoms with Crippen molar-refractivity contribution in [1.82, 2.24) is 0 Å². The van der Waals surface area contributed by atoms with Gasteiger partial charge in [0.15, 0.2) is 6.10 Å². The smallest absolute Gasteiger partial charge is 0.341 e. The first-order chi connectivity index (χ1) is 12.2. The van der Waals surface area contributed by atoms with Crippen LogP contribution in [0, 0.1) is 22.9 Å². The molecule has 26 heavy (non-hydrogen) atoms. The van der Waals surface area contributed by atoms with Gasteiger partial charge in [-0.2, -0.15) is 0 Å². The van der Waals surface area contributed by atoms with E-state index in [2.05, 4.69) is 5.32 Å². The number of esters is 1. The topological polar surface area (TPSA) is 125 Å². The van der Waals surface area contributed by atoms with Gasteiger partial charge in [-0.25, -0.2) is 9.18 Å². The average Bonchev–Trinajstić information content (AvgIpc) is 2.57. The number of carbonyl (C=O) groups excluding carboxylic acids is 2. The SMILES string of the molecule is Cc1ccc(NC(=O)[C@@H](C)OC(=O)c2ccc([N+](=O)[O-])cc2N)cc1F. The van der Waals surface area contributed by atoms with E-state index >= 15 is 0 Å². The van der Waals surface area contributed by atoms with Crippen LogP contribution in [0.4, 0.5) is 21.5 Å². The number of non-ortho nitro benzene ring substituents is 1. The predicted molar refractivity (Wildman–Crippen MR) is 92.2 cm³/mol. The summed E-state index contributed by atoms with van der Waals surface area (Å²) in [7, 11) is 0. The van der Waals surface area contributed by atoms with Gasteiger partial charge >= 0.3 is 5.97 Å². The molecule has 3 N–H and O–H groups in total. The number of carbonyl (C=O) groups is 2. The van der Waals surface area contributed by atoms with Crippen LogP contribution in [0.25, 0.3) is 0 Å². The van der Waals surface area contributed by atoms with Crippen LogP contribution in [-0.2, 0) is 9.53 Å². The maximum absolute atomic E-state index is 13.5. The lowest BCUT2D eigenvalue weighted by Crippen LogP contribution is -2.30. The summed E-state index contributed by atoms with van der Waals surface area (Å²) in [6, 6.07) is 7.44. The van der Waals surface area contributed by atoms with Crippen LogP contribution < -0.4 is 11.1 Å². The summed E-state index contributed by atoms with van der Waals surface area (Å²) in [6.07, 6.45) is -1.19. The number of amides is 1. The largest absolute Gasteiger partial charge is 0.449 e. The van der Waals surface area contributed by atoms with Crippen LogP contribution >= 0.6 is 0 Å². The Morgan fingerprint density at radius 3 is 2.54 bits per heavy atom. The molecule has 0 fully saturated rings. The maximum Gasteiger partial charge on any atom is 0.341 e. The van der Waals surface area contributed by atoms with Crippen molar-refractivity contribution in [1.29, 1.82) is 0 Å². The molecule has 9 heteroatoms. The fourth-order valence-electron chi connectivity index (χ4n) is 2.04. The summed E-state index contributed by atoms with van der Waals surface area (Å²) in [5, 5.41) is 13.1. The van der Waals surface area contributed by atoms with Crippen molar-refractivity contribution in [2.24, 2.45) is 0 Å². The summed E-state index contributed by atoms with van der Waals surface area (Å²) < 4.78 is 18.5. The highest BCUT2D eigenvalue weighted by atomic mass is 19.1. The first-order valence-electron chi connectivity index (χ1n) is 7.51. The van der Waals surface area contributed by atoms with Gasteiger partial charge in [0.1, 0.15) is 5.82 Å². The Hall–Kier alpha value is -3.49. The molecule has 2 aromatic carbocycles. The first-order valence-corrected chi connectivity index (χ1v) is 7.51. The lowest BCUT2D eigenvalue weighted by Gasteiger charge is -2.14. The maximum atomic E-state index is 13.5. The van der Waals surface area contributed by atoms with Crippen molar-refractivity contribution in [3.8, 4) is 0 Å². The van der Waals surface area contributed by atoms with Gasteiger partial charge < -0.3 is 15.8 Å². The second kappa shape index (κ2) is 7.60. The van der Waals surface area contributed by atoms with Crippen LogP contribution in [0.3, 0.4) is 0 Å². The molecular formula is C17H16FN3O5. The van der Waals surface area contributed by atoms with Gasteiger partial charge in [0.2, 0.25) is 0 Å². The Morgan fingerprint density at radius 2 is 1.96 bits per heavy atom. The van der Waals surface area contributed by atoms with Crippen LogP contribution in [-0.4, -0.2) is 22.9 Å². The minimum Gasteiger partial charge on any atom is -0.449 e. The molecule has 136 valence electrons. The number of ether oxygens (including phenoxy) is 1. The van der Waals surface area contributed by atoms with Crippen LogP contribution in [0.1, 0.15) is 22.8 Å². The molecule has 0 aliphatic heterocycles. The monoisotopic (exact) mass is 361 g/mol. The molecule has 2 aromatic rings. The summed E-state index contributed by atoms with van der Waals surface area (Å²) >= 11 is 0. The van der Waals surface area contributed by atoms with E-state index in [4.69, 9.17) is 10.5 Å². The summed E-state index contributed by atoms with van der Waals surface area (Å²) in [5.74, 6) is -2.05. The third-order valence-electron chi connectivity index (χ3n) is 3.56. The second-order valence-electron chi connectivity index (χ2n) is 5.53. The standard InChI is InChI=1S/C17H16FN3O5/c1-9-3-4-11(7-14(9)18)20-16(22)10(2)26-17(23)13-6-5-12(21(24)25)8-15(13)19/h3-8,10H,19H2,1-2H3,(H,20,22)/t10-/m1/s1. The van der Waals surface area contributed by atoms with Crippen molar-refractivity contribution in [3.05, 3.63) is 63.5 Å². The molecule has 0 spiro atoms. The summed E-state index contributed by atoms with van der Waals surface area (Å²) in [4.78, 5) is 34.2. The van der Waals surface area contributed by atoms with Gasteiger partial charge in [-0.15, -0.1) is 0 Å². The van der Waals surface area contributed by atoms with E-state index < -0.39 is 28.7 Å². The number of hydrogen-bond donors (Lipinski definition) is 2. The van der Waals surface area contributed by atoms with Crippen molar-refractivity contribution in [2.45, 2.75) is 20.0 Å². The van der Waals surface area contributed by atoms with Crippen LogP contribution in [0.15, 0.2) is 36.4 Å². The molecule has 0 aromatic heterocycles. The van der Waals surface area contributed by atoms with Gasteiger partial charge in [0.25, 0.3) is 11.6 Å². The Labute approximate surface area is 147 Å². The number of rotatable bonds is 5. The Bertz CT molecular complexity index is 885. The molecule has 0 bridgehead atoms. The second-order valence-corrected chi connectivity index (χ2v) is 5.53. The number of benzene rings is 2. The lowest BCUT2D eigenvalue weighted by molar-refractivity contribution is -0.384. The highest BCUT2D eigenvalue weighted by Crippen LogP contribution is 2.21. The average molecular weight is 361 g/mol. The number of anilines is 2. The van der Waals surface area contributed by atoms with Crippen molar-refractivity contribution in [3.63, 3.8) is 0 Å². The Morgan fingerprint density at radius 1 is 1.27 bits per heavy atom. The normalized spacial score (nSPS) is 11.5. The molecule has 0 heterocycles. The highest BCUT2D eigenvalue weighted by Gasteiger charge is 2.22. The van der Waals surface area contributed by atoms with Crippen molar-refractivity contribution < 1.29 is 23.6 Å². The molecule has 0 saturated heterocycles. The number of nitrogen functional groups attached to an aromatic ring is 1. The fraction of sp³-hybridized carbons (Fsp3) is 0.176. The van der Waals surface area contributed by atoms with E-state index in [1.807, 2.05) is 0 Å².